The molecule has 0 unspecified atom stereocenters. The Morgan fingerprint density at radius 3 is 2.14 bits per heavy atom. The van der Waals surface area contributed by atoms with Crippen molar-refractivity contribution in [2.75, 3.05) is 7.05 Å². The van der Waals surface area contributed by atoms with E-state index in [0.29, 0.717) is 0 Å². The van der Waals surface area contributed by atoms with Crippen LogP contribution in [0.1, 0.15) is 27.7 Å². The molecule has 1 aliphatic heterocycles. The van der Waals surface area contributed by atoms with Gasteiger partial charge in [0.1, 0.15) is 5.82 Å². The first kappa shape index (κ1) is 16.4. The third-order valence-electron chi connectivity index (χ3n) is 4.05. The summed E-state index contributed by atoms with van der Waals surface area (Å²) >= 11 is 0. The highest BCUT2D eigenvalue weighted by molar-refractivity contribution is 7.89. The van der Waals surface area contributed by atoms with Crippen LogP contribution in [0, 0.1) is 5.82 Å². The van der Waals surface area contributed by atoms with Gasteiger partial charge < -0.3 is 9.31 Å². The van der Waals surface area contributed by atoms with Crippen LogP contribution in [0.5, 0.6) is 0 Å². The van der Waals surface area contributed by atoms with Crippen molar-refractivity contribution in [2.24, 2.45) is 0 Å². The summed E-state index contributed by atoms with van der Waals surface area (Å²) in [6, 6.07) is 3.55. The first-order chi connectivity index (χ1) is 9.50. The van der Waals surface area contributed by atoms with Crippen molar-refractivity contribution >= 4 is 22.6 Å². The molecule has 1 heterocycles. The molecule has 0 amide bonds. The quantitative estimate of drug-likeness (QED) is 0.846. The van der Waals surface area contributed by atoms with Gasteiger partial charge in [-0.1, -0.05) is 0 Å². The summed E-state index contributed by atoms with van der Waals surface area (Å²) in [6.07, 6.45) is 0. The predicted molar refractivity (Wildman–Crippen MR) is 78.4 cm³/mol. The molecule has 0 atom stereocenters. The monoisotopic (exact) mass is 315 g/mol. The highest BCUT2D eigenvalue weighted by Crippen LogP contribution is 2.36. The fourth-order valence-corrected chi connectivity index (χ4v) is 2.72. The molecule has 1 N–H and O–H groups in total. The molecule has 1 aromatic rings. The van der Waals surface area contributed by atoms with Gasteiger partial charge in [-0.05, 0) is 52.9 Å². The van der Waals surface area contributed by atoms with Crippen LogP contribution < -0.4 is 10.2 Å². The lowest BCUT2D eigenvalue weighted by molar-refractivity contribution is 0.00578. The third kappa shape index (κ3) is 2.85. The van der Waals surface area contributed by atoms with Gasteiger partial charge >= 0.3 is 7.12 Å². The highest BCUT2D eigenvalue weighted by Gasteiger charge is 2.52. The Hall–Kier alpha value is -0.955. The van der Waals surface area contributed by atoms with E-state index in [0.717, 1.165) is 6.07 Å². The second-order valence-corrected chi connectivity index (χ2v) is 7.87. The van der Waals surface area contributed by atoms with Crippen LogP contribution in [0.2, 0.25) is 0 Å². The first-order valence-corrected chi connectivity index (χ1v) is 8.07. The van der Waals surface area contributed by atoms with E-state index in [-0.39, 0.29) is 10.4 Å². The molecule has 0 spiro atoms. The van der Waals surface area contributed by atoms with E-state index in [1.54, 1.807) is 0 Å². The molecule has 1 fully saturated rings. The molecule has 0 bridgehead atoms. The maximum atomic E-state index is 14.0. The van der Waals surface area contributed by atoms with E-state index in [1.165, 1.54) is 19.2 Å². The van der Waals surface area contributed by atoms with Crippen LogP contribution >= 0.6 is 0 Å². The number of halogens is 1. The van der Waals surface area contributed by atoms with Gasteiger partial charge in [-0.25, -0.2) is 17.5 Å². The summed E-state index contributed by atoms with van der Waals surface area (Å²) in [4.78, 5) is -0.0314. The van der Waals surface area contributed by atoms with Crippen molar-refractivity contribution in [1.29, 1.82) is 0 Å². The van der Waals surface area contributed by atoms with Crippen LogP contribution in [0.25, 0.3) is 0 Å². The molecule has 21 heavy (non-hydrogen) atoms. The van der Waals surface area contributed by atoms with Crippen molar-refractivity contribution < 1.29 is 22.1 Å². The SMILES string of the molecule is CNS(=O)(=O)c1ccc(F)c(B2OC(C)(C)C(C)(C)O2)c1. The normalized spacial score (nSPS) is 20.8. The zero-order valence-electron chi connectivity index (χ0n) is 12.7. The topological polar surface area (TPSA) is 64.6 Å². The molecule has 8 heteroatoms. The average Bonchev–Trinajstić information content (AvgIpc) is 2.58. The van der Waals surface area contributed by atoms with E-state index < -0.39 is 34.2 Å². The lowest BCUT2D eigenvalue weighted by atomic mass is 9.79. The van der Waals surface area contributed by atoms with Crippen LogP contribution in [0.4, 0.5) is 4.39 Å². The van der Waals surface area contributed by atoms with Crippen LogP contribution in [-0.4, -0.2) is 33.8 Å². The minimum absolute atomic E-state index is 0.0314. The summed E-state index contributed by atoms with van der Waals surface area (Å²) in [7, 11) is -3.30. The Balaban J connectivity index is 2.45. The fraction of sp³-hybridized carbons (Fsp3) is 0.538. The number of rotatable bonds is 3. The lowest BCUT2D eigenvalue weighted by Gasteiger charge is -2.32. The molecule has 0 aromatic heterocycles. The smallest absolute Gasteiger partial charge is 0.399 e. The molecule has 5 nitrogen and oxygen atoms in total. The van der Waals surface area contributed by atoms with Crippen molar-refractivity contribution in [3.63, 3.8) is 0 Å². The van der Waals surface area contributed by atoms with Gasteiger partial charge in [-0.15, -0.1) is 0 Å². The standard InChI is InChI=1S/C13H19BFNO4S/c1-12(2)13(3,4)20-14(19-12)10-8-9(6-7-11(10)15)21(17,18)16-5/h6-8,16H,1-5H3. The molecular formula is C13H19BFNO4S. The number of hydrogen-bond donors (Lipinski definition) is 1. The number of hydrogen-bond acceptors (Lipinski definition) is 4. The zero-order chi connectivity index (χ0) is 16.1. The summed E-state index contributed by atoms with van der Waals surface area (Å²) < 4.78 is 51.4. The molecule has 0 saturated carbocycles. The minimum Gasteiger partial charge on any atom is -0.399 e. The van der Waals surface area contributed by atoms with Crippen molar-refractivity contribution in [1.82, 2.24) is 4.72 Å². The summed E-state index contributed by atoms with van der Waals surface area (Å²) in [5, 5.41) is 0. The van der Waals surface area contributed by atoms with Gasteiger partial charge in [0.2, 0.25) is 10.0 Å². The van der Waals surface area contributed by atoms with E-state index in [2.05, 4.69) is 4.72 Å². The first-order valence-electron chi connectivity index (χ1n) is 6.59. The maximum absolute atomic E-state index is 14.0. The van der Waals surface area contributed by atoms with E-state index >= 15 is 0 Å². The van der Waals surface area contributed by atoms with E-state index in [9.17, 15) is 12.8 Å². The molecule has 1 saturated heterocycles. The predicted octanol–water partition coefficient (Wildman–Crippen LogP) is 1.03. The number of nitrogens with one attached hydrogen (secondary N) is 1. The second-order valence-electron chi connectivity index (χ2n) is 5.98. The van der Waals surface area contributed by atoms with Crippen LogP contribution in [-0.2, 0) is 19.3 Å². The van der Waals surface area contributed by atoms with Gasteiger partial charge in [-0.3, -0.25) is 0 Å². The van der Waals surface area contributed by atoms with Gasteiger partial charge in [0.15, 0.2) is 0 Å². The van der Waals surface area contributed by atoms with Gasteiger partial charge in [-0.2, -0.15) is 0 Å². The Bertz CT molecular complexity index is 644. The van der Waals surface area contributed by atoms with Crippen molar-refractivity contribution in [3.05, 3.63) is 24.0 Å². The Kier molecular flexibility index (Phi) is 3.95. The van der Waals surface area contributed by atoms with Crippen LogP contribution in [0.15, 0.2) is 23.1 Å². The molecule has 116 valence electrons. The minimum atomic E-state index is -3.65. The van der Waals surface area contributed by atoms with E-state index in [4.69, 9.17) is 9.31 Å². The lowest BCUT2D eigenvalue weighted by Crippen LogP contribution is -2.41. The Labute approximate surface area is 125 Å². The molecule has 1 aromatic carbocycles. The molecule has 0 aliphatic carbocycles. The Morgan fingerprint density at radius 1 is 1.14 bits per heavy atom. The number of benzene rings is 1. The largest absolute Gasteiger partial charge is 0.497 e. The van der Waals surface area contributed by atoms with Gasteiger partial charge in [0.05, 0.1) is 16.1 Å². The highest BCUT2D eigenvalue weighted by atomic mass is 32.2. The summed E-state index contributed by atoms with van der Waals surface area (Å²) in [5.74, 6) is -0.566. The molecule has 1 aliphatic rings. The van der Waals surface area contributed by atoms with Crippen LogP contribution in [0.3, 0.4) is 0 Å². The zero-order valence-corrected chi connectivity index (χ0v) is 13.5. The molecular weight excluding hydrogens is 296 g/mol. The summed E-state index contributed by atoms with van der Waals surface area (Å²) in [5.41, 5.74) is -1.17. The fourth-order valence-electron chi connectivity index (χ4n) is 1.96. The van der Waals surface area contributed by atoms with Gasteiger partial charge in [0.25, 0.3) is 0 Å². The summed E-state index contributed by atoms with van der Waals surface area (Å²) in [6.45, 7) is 7.39. The number of sulfonamides is 1. The Morgan fingerprint density at radius 2 is 1.67 bits per heavy atom. The van der Waals surface area contributed by atoms with Gasteiger partial charge in [0, 0.05) is 5.46 Å². The van der Waals surface area contributed by atoms with Crippen molar-refractivity contribution in [2.45, 2.75) is 43.8 Å². The second kappa shape index (κ2) is 5.05. The van der Waals surface area contributed by atoms with E-state index in [1.807, 2.05) is 27.7 Å². The average molecular weight is 315 g/mol. The molecule has 0 radical (unpaired) electrons. The maximum Gasteiger partial charge on any atom is 0.497 e. The third-order valence-corrected chi connectivity index (χ3v) is 5.47. The molecule has 2 rings (SSSR count). The van der Waals surface area contributed by atoms with Crippen molar-refractivity contribution in [3.8, 4) is 0 Å².